The van der Waals surface area contributed by atoms with Crippen LogP contribution in [0.4, 0.5) is 0 Å². The third kappa shape index (κ3) is 3.60. The van der Waals surface area contributed by atoms with Gasteiger partial charge in [0.05, 0.1) is 17.2 Å². The quantitative estimate of drug-likeness (QED) is 0.757. The molecule has 1 saturated heterocycles. The van der Waals surface area contributed by atoms with Crippen molar-refractivity contribution in [2.24, 2.45) is 0 Å². The molecule has 1 atom stereocenters. The largest absolute Gasteiger partial charge is 0.342 e. The number of aryl methyl sites for hydroxylation is 2. The standard InChI is InChI=1S/C19H22N6O2/c1-13-21-18(23-22-13)14-5-4-9-24(11-14)17(26)8-10-25-12-20-16-7-3-2-6-15(16)19(25)27/h2-3,6-7,12,14H,4-5,8-11H2,1H3,(H,21,22,23)/t14-/m0/s1. The Morgan fingerprint density at radius 1 is 1.33 bits per heavy atom. The average molecular weight is 366 g/mol. The summed E-state index contributed by atoms with van der Waals surface area (Å²) in [7, 11) is 0. The fourth-order valence-electron chi connectivity index (χ4n) is 3.60. The first kappa shape index (κ1) is 17.4. The van der Waals surface area contributed by atoms with E-state index in [4.69, 9.17) is 0 Å². The molecule has 1 aliphatic rings. The summed E-state index contributed by atoms with van der Waals surface area (Å²) >= 11 is 0. The number of piperidine rings is 1. The molecule has 27 heavy (non-hydrogen) atoms. The van der Waals surface area contributed by atoms with Gasteiger partial charge in [0.2, 0.25) is 5.91 Å². The van der Waals surface area contributed by atoms with Crippen LogP contribution in [0.5, 0.6) is 0 Å². The predicted octanol–water partition coefficient (Wildman–Crippen LogP) is 1.62. The molecule has 4 rings (SSSR count). The number of amides is 1. The Morgan fingerprint density at radius 3 is 3.00 bits per heavy atom. The van der Waals surface area contributed by atoms with E-state index in [0.29, 0.717) is 24.0 Å². The van der Waals surface area contributed by atoms with Gasteiger partial charge < -0.3 is 4.90 Å². The zero-order chi connectivity index (χ0) is 18.8. The number of aromatic nitrogens is 5. The number of fused-ring (bicyclic) bond motifs is 1. The van der Waals surface area contributed by atoms with Crippen molar-refractivity contribution >= 4 is 16.8 Å². The molecule has 1 fully saturated rings. The molecule has 0 spiro atoms. The number of rotatable bonds is 4. The molecule has 1 N–H and O–H groups in total. The summed E-state index contributed by atoms with van der Waals surface area (Å²) in [6.45, 7) is 3.57. The molecule has 2 aromatic heterocycles. The van der Waals surface area contributed by atoms with Crippen LogP contribution in [-0.2, 0) is 11.3 Å². The maximum Gasteiger partial charge on any atom is 0.261 e. The van der Waals surface area contributed by atoms with Gasteiger partial charge in [-0.15, -0.1) is 0 Å². The Balaban J connectivity index is 1.42. The molecule has 0 aliphatic carbocycles. The highest BCUT2D eigenvalue weighted by atomic mass is 16.2. The Labute approximate surface area is 156 Å². The minimum Gasteiger partial charge on any atom is -0.342 e. The second kappa shape index (κ2) is 7.30. The van der Waals surface area contributed by atoms with Crippen LogP contribution in [0.1, 0.15) is 36.8 Å². The first-order valence-corrected chi connectivity index (χ1v) is 9.22. The van der Waals surface area contributed by atoms with Gasteiger partial charge in [0.25, 0.3) is 5.56 Å². The van der Waals surface area contributed by atoms with E-state index < -0.39 is 0 Å². The van der Waals surface area contributed by atoms with E-state index in [9.17, 15) is 9.59 Å². The first-order valence-electron chi connectivity index (χ1n) is 9.22. The van der Waals surface area contributed by atoms with Crippen molar-refractivity contribution < 1.29 is 4.79 Å². The number of hydrogen-bond donors (Lipinski definition) is 1. The lowest BCUT2D eigenvalue weighted by Crippen LogP contribution is -2.40. The number of benzene rings is 1. The van der Waals surface area contributed by atoms with Gasteiger partial charge in [0, 0.05) is 32.0 Å². The summed E-state index contributed by atoms with van der Waals surface area (Å²) in [4.78, 5) is 35.8. The number of nitrogens with one attached hydrogen (secondary N) is 1. The average Bonchev–Trinajstić information content (AvgIpc) is 3.14. The SMILES string of the molecule is Cc1nc([C@H]2CCCN(C(=O)CCn3cnc4ccccc4c3=O)C2)n[nH]1. The highest BCUT2D eigenvalue weighted by Crippen LogP contribution is 2.24. The summed E-state index contributed by atoms with van der Waals surface area (Å²) in [5, 5.41) is 7.68. The number of aromatic amines is 1. The molecule has 8 nitrogen and oxygen atoms in total. The van der Waals surface area contributed by atoms with Crippen molar-refractivity contribution in [1.29, 1.82) is 0 Å². The summed E-state index contributed by atoms with van der Waals surface area (Å²) in [6, 6.07) is 7.24. The Kier molecular flexibility index (Phi) is 4.70. The molecule has 1 aliphatic heterocycles. The molecule has 1 amide bonds. The van der Waals surface area contributed by atoms with Crippen molar-refractivity contribution in [3.63, 3.8) is 0 Å². The van der Waals surface area contributed by atoms with E-state index in [0.717, 1.165) is 31.0 Å². The molecule has 3 heterocycles. The van der Waals surface area contributed by atoms with Crippen molar-refractivity contribution in [2.45, 2.75) is 38.6 Å². The molecule has 0 saturated carbocycles. The molecule has 0 bridgehead atoms. The van der Waals surface area contributed by atoms with Gasteiger partial charge in [-0.25, -0.2) is 9.97 Å². The number of H-pyrrole nitrogens is 1. The van der Waals surface area contributed by atoms with Gasteiger partial charge in [-0.3, -0.25) is 19.3 Å². The van der Waals surface area contributed by atoms with Crippen molar-refractivity contribution in [1.82, 2.24) is 29.6 Å². The van der Waals surface area contributed by atoms with Gasteiger partial charge in [-0.2, -0.15) is 5.10 Å². The minimum absolute atomic E-state index is 0.0482. The fourth-order valence-corrected chi connectivity index (χ4v) is 3.60. The van der Waals surface area contributed by atoms with Gasteiger partial charge in [-0.05, 0) is 31.9 Å². The van der Waals surface area contributed by atoms with Crippen molar-refractivity contribution in [3.8, 4) is 0 Å². The maximum atomic E-state index is 12.7. The summed E-state index contributed by atoms with van der Waals surface area (Å²) in [5.74, 6) is 1.78. The molecule has 1 aromatic carbocycles. The molecule has 140 valence electrons. The van der Waals surface area contributed by atoms with Crippen LogP contribution in [0.15, 0.2) is 35.4 Å². The van der Waals surface area contributed by atoms with Gasteiger partial charge in [0.1, 0.15) is 5.82 Å². The van der Waals surface area contributed by atoms with Gasteiger partial charge in [-0.1, -0.05) is 12.1 Å². The monoisotopic (exact) mass is 366 g/mol. The van der Waals surface area contributed by atoms with E-state index in [1.54, 1.807) is 6.07 Å². The Morgan fingerprint density at radius 2 is 2.19 bits per heavy atom. The lowest BCUT2D eigenvalue weighted by molar-refractivity contribution is -0.132. The molecule has 3 aromatic rings. The Hall–Kier alpha value is -3.03. The third-order valence-electron chi connectivity index (χ3n) is 5.05. The van der Waals surface area contributed by atoms with Gasteiger partial charge in [0.15, 0.2) is 5.82 Å². The fraction of sp³-hybridized carbons (Fsp3) is 0.421. The molecule has 0 unspecified atom stereocenters. The normalized spacial score (nSPS) is 17.4. The van der Waals surface area contributed by atoms with E-state index in [1.807, 2.05) is 30.0 Å². The number of nitrogens with zero attached hydrogens (tertiary/aromatic N) is 5. The topological polar surface area (TPSA) is 96.8 Å². The van der Waals surface area contributed by atoms with Crippen molar-refractivity contribution in [2.75, 3.05) is 13.1 Å². The highest BCUT2D eigenvalue weighted by Gasteiger charge is 2.27. The van der Waals surface area contributed by atoms with Gasteiger partial charge >= 0.3 is 0 Å². The second-order valence-electron chi connectivity index (χ2n) is 6.97. The number of para-hydroxylation sites is 1. The lowest BCUT2D eigenvalue weighted by atomic mass is 9.97. The second-order valence-corrected chi connectivity index (χ2v) is 6.97. The van der Waals surface area contributed by atoms with Crippen LogP contribution in [0.3, 0.4) is 0 Å². The lowest BCUT2D eigenvalue weighted by Gasteiger charge is -2.31. The number of hydrogen-bond acceptors (Lipinski definition) is 5. The summed E-state index contributed by atoms with van der Waals surface area (Å²) in [6.07, 6.45) is 3.71. The highest BCUT2D eigenvalue weighted by molar-refractivity contribution is 5.77. The van der Waals surface area contributed by atoms with E-state index in [1.165, 1.54) is 10.9 Å². The number of likely N-dealkylation sites (tertiary alicyclic amines) is 1. The summed E-state index contributed by atoms with van der Waals surface area (Å²) in [5.41, 5.74) is 0.562. The molecule has 8 heteroatoms. The van der Waals surface area contributed by atoms with E-state index in [2.05, 4.69) is 20.2 Å². The molecular weight excluding hydrogens is 344 g/mol. The first-order chi connectivity index (χ1) is 13.1. The van der Waals surface area contributed by atoms with E-state index >= 15 is 0 Å². The Bertz CT molecular complexity index is 1020. The number of carbonyl (C=O) groups is 1. The smallest absolute Gasteiger partial charge is 0.261 e. The zero-order valence-corrected chi connectivity index (χ0v) is 15.3. The summed E-state index contributed by atoms with van der Waals surface area (Å²) < 4.78 is 1.51. The van der Waals surface area contributed by atoms with Crippen LogP contribution in [0, 0.1) is 6.92 Å². The predicted molar refractivity (Wildman–Crippen MR) is 100 cm³/mol. The van der Waals surface area contributed by atoms with Crippen molar-refractivity contribution in [3.05, 3.63) is 52.6 Å². The number of carbonyl (C=O) groups excluding carboxylic acids is 1. The molecular formula is C19H22N6O2. The minimum atomic E-state index is -0.110. The van der Waals surface area contributed by atoms with Crippen LogP contribution in [0.2, 0.25) is 0 Å². The van der Waals surface area contributed by atoms with E-state index in [-0.39, 0.29) is 23.8 Å². The van der Waals surface area contributed by atoms with Crippen LogP contribution in [0.25, 0.3) is 10.9 Å². The third-order valence-corrected chi connectivity index (χ3v) is 5.05. The van der Waals surface area contributed by atoms with Crippen LogP contribution < -0.4 is 5.56 Å². The molecule has 0 radical (unpaired) electrons. The maximum absolute atomic E-state index is 12.7. The van der Waals surface area contributed by atoms with Crippen LogP contribution >= 0.6 is 0 Å². The zero-order valence-electron chi connectivity index (χ0n) is 15.3. The van der Waals surface area contributed by atoms with Crippen LogP contribution in [-0.4, -0.2) is 48.6 Å².